The topological polar surface area (TPSA) is 54.5 Å². The van der Waals surface area contributed by atoms with E-state index in [1.807, 2.05) is 34.7 Å². The summed E-state index contributed by atoms with van der Waals surface area (Å²) in [4.78, 5) is 18.4. The van der Waals surface area contributed by atoms with Crippen LogP contribution in [0.3, 0.4) is 0 Å². The average molecular weight is 340 g/mol. The lowest BCUT2D eigenvalue weighted by atomic mass is 9.90. The number of nitrogens with one attached hydrogen (secondary N) is 1. The minimum absolute atomic E-state index is 0.216. The molecule has 1 saturated carbocycles. The molecule has 0 radical (unpaired) electrons. The van der Waals surface area contributed by atoms with Crippen molar-refractivity contribution in [1.82, 2.24) is 15.2 Å². The van der Waals surface area contributed by atoms with Crippen LogP contribution in [0.2, 0.25) is 0 Å². The predicted octanol–water partition coefficient (Wildman–Crippen LogP) is 3.72. The van der Waals surface area contributed by atoms with E-state index in [9.17, 15) is 4.79 Å². The van der Waals surface area contributed by atoms with Crippen molar-refractivity contribution >= 4 is 17.4 Å². The molecule has 1 aliphatic rings. The number of aromatic nitrogens is 1. The average Bonchev–Trinajstić information content (AvgIpc) is 2.89. The summed E-state index contributed by atoms with van der Waals surface area (Å²) in [5, 5.41) is 6.82. The highest BCUT2D eigenvalue weighted by molar-refractivity contribution is 7.09. The van der Waals surface area contributed by atoms with Crippen molar-refractivity contribution in [3.05, 3.63) is 16.1 Å². The number of hydrogen-bond acceptors (Lipinski definition) is 5. The van der Waals surface area contributed by atoms with Crippen LogP contribution in [-0.2, 0) is 11.3 Å². The molecule has 0 bridgehead atoms. The van der Waals surface area contributed by atoms with Crippen LogP contribution in [0.5, 0.6) is 0 Å². The zero-order valence-corrected chi connectivity index (χ0v) is 15.7. The molecule has 0 aliphatic heterocycles. The van der Waals surface area contributed by atoms with E-state index in [0.717, 1.165) is 42.9 Å². The molecule has 0 saturated heterocycles. The Balaban J connectivity index is 1.73. The molecule has 5 nitrogen and oxygen atoms in total. The highest BCUT2D eigenvalue weighted by atomic mass is 32.1. The summed E-state index contributed by atoms with van der Waals surface area (Å²) in [6, 6.07) is 0.796. The number of nitrogens with zero attached hydrogens (tertiary/aromatic N) is 2. The highest BCUT2D eigenvalue weighted by Crippen LogP contribution is 2.24. The summed E-state index contributed by atoms with van der Waals surface area (Å²) in [6.07, 6.45) is 3.99. The molecule has 1 aromatic rings. The molecular formula is C17H29N3O2S. The third kappa shape index (κ3) is 5.77. The fourth-order valence-corrected chi connectivity index (χ4v) is 3.50. The Morgan fingerprint density at radius 1 is 1.39 bits per heavy atom. The maximum atomic E-state index is 12.1. The van der Waals surface area contributed by atoms with Gasteiger partial charge in [0.2, 0.25) is 0 Å². The number of hydrogen-bond donors (Lipinski definition) is 1. The first-order valence-electron chi connectivity index (χ1n) is 8.35. The molecular weight excluding hydrogens is 310 g/mol. The van der Waals surface area contributed by atoms with Crippen molar-refractivity contribution in [2.75, 3.05) is 7.05 Å². The van der Waals surface area contributed by atoms with Crippen molar-refractivity contribution in [3.8, 4) is 0 Å². The first kappa shape index (κ1) is 18.2. The fourth-order valence-electron chi connectivity index (χ4n) is 2.89. The number of aryl methyl sites for hydroxylation is 1. The van der Waals surface area contributed by atoms with Gasteiger partial charge in [-0.2, -0.15) is 0 Å². The van der Waals surface area contributed by atoms with Crippen molar-refractivity contribution in [2.24, 2.45) is 0 Å². The Morgan fingerprint density at radius 2 is 2.04 bits per heavy atom. The van der Waals surface area contributed by atoms with Crippen molar-refractivity contribution in [3.63, 3.8) is 0 Å². The zero-order chi connectivity index (χ0) is 17.0. The number of amides is 1. The quantitative estimate of drug-likeness (QED) is 0.908. The lowest BCUT2D eigenvalue weighted by Crippen LogP contribution is -2.44. The largest absolute Gasteiger partial charge is 0.444 e. The maximum Gasteiger partial charge on any atom is 0.410 e. The van der Waals surface area contributed by atoms with Crippen LogP contribution in [0.25, 0.3) is 0 Å². The van der Waals surface area contributed by atoms with E-state index in [1.54, 1.807) is 16.2 Å². The molecule has 0 atom stereocenters. The van der Waals surface area contributed by atoms with Crippen LogP contribution in [0.1, 0.15) is 57.2 Å². The zero-order valence-electron chi connectivity index (χ0n) is 14.9. The minimum Gasteiger partial charge on any atom is -0.444 e. The lowest BCUT2D eigenvalue weighted by molar-refractivity contribution is 0.0179. The van der Waals surface area contributed by atoms with Gasteiger partial charge < -0.3 is 15.0 Å². The molecule has 0 unspecified atom stereocenters. The van der Waals surface area contributed by atoms with Gasteiger partial charge in [0.1, 0.15) is 5.60 Å². The Kier molecular flexibility index (Phi) is 6.03. The van der Waals surface area contributed by atoms with Crippen LogP contribution in [-0.4, -0.2) is 40.7 Å². The molecule has 0 aromatic carbocycles. The maximum absolute atomic E-state index is 12.1. The summed E-state index contributed by atoms with van der Waals surface area (Å²) >= 11 is 1.69. The molecule has 1 N–H and O–H groups in total. The van der Waals surface area contributed by atoms with Gasteiger partial charge in [-0.15, -0.1) is 11.3 Å². The summed E-state index contributed by atoms with van der Waals surface area (Å²) in [7, 11) is 1.85. The Bertz CT molecular complexity index is 516. The predicted molar refractivity (Wildman–Crippen MR) is 93.7 cm³/mol. The summed E-state index contributed by atoms with van der Waals surface area (Å²) < 4.78 is 5.45. The van der Waals surface area contributed by atoms with Crippen LogP contribution in [0.4, 0.5) is 4.79 Å². The summed E-state index contributed by atoms with van der Waals surface area (Å²) in [6.45, 7) is 8.58. The second-order valence-corrected chi connectivity index (χ2v) is 8.40. The van der Waals surface area contributed by atoms with Gasteiger partial charge in [-0.1, -0.05) is 0 Å². The van der Waals surface area contributed by atoms with Gasteiger partial charge in [-0.05, 0) is 53.4 Å². The smallest absolute Gasteiger partial charge is 0.410 e. The number of thiazole rings is 1. The van der Waals surface area contributed by atoms with E-state index < -0.39 is 5.60 Å². The SMILES string of the molecule is Cc1nc(CNC2CCC(N(C)C(=O)OC(C)(C)C)CC2)cs1. The Morgan fingerprint density at radius 3 is 2.57 bits per heavy atom. The molecule has 1 heterocycles. The van der Waals surface area contributed by atoms with E-state index in [-0.39, 0.29) is 12.1 Å². The summed E-state index contributed by atoms with van der Waals surface area (Å²) in [5.74, 6) is 0. The van der Waals surface area contributed by atoms with E-state index in [1.165, 1.54) is 0 Å². The molecule has 6 heteroatoms. The first-order valence-corrected chi connectivity index (χ1v) is 9.23. The molecule has 1 fully saturated rings. The third-order valence-electron chi connectivity index (χ3n) is 4.16. The highest BCUT2D eigenvalue weighted by Gasteiger charge is 2.29. The second kappa shape index (κ2) is 7.62. The minimum atomic E-state index is -0.435. The number of ether oxygens (including phenoxy) is 1. The number of rotatable bonds is 4. The van der Waals surface area contributed by atoms with Crippen LogP contribution in [0.15, 0.2) is 5.38 Å². The molecule has 1 aliphatic carbocycles. The number of carbonyl (C=O) groups is 1. The van der Waals surface area contributed by atoms with Crippen LogP contribution < -0.4 is 5.32 Å². The number of carbonyl (C=O) groups excluding carboxylic acids is 1. The van der Waals surface area contributed by atoms with Crippen LogP contribution >= 0.6 is 11.3 Å². The van der Waals surface area contributed by atoms with Gasteiger partial charge in [-0.3, -0.25) is 0 Å². The molecule has 1 amide bonds. The van der Waals surface area contributed by atoms with E-state index >= 15 is 0 Å². The van der Waals surface area contributed by atoms with Crippen molar-refractivity contribution in [2.45, 2.75) is 77.6 Å². The van der Waals surface area contributed by atoms with Crippen molar-refractivity contribution < 1.29 is 9.53 Å². The normalized spacial score (nSPS) is 22.0. The lowest BCUT2D eigenvalue weighted by Gasteiger charge is -2.35. The second-order valence-electron chi connectivity index (χ2n) is 7.34. The van der Waals surface area contributed by atoms with Gasteiger partial charge in [0.15, 0.2) is 0 Å². The first-order chi connectivity index (χ1) is 10.7. The third-order valence-corrected chi connectivity index (χ3v) is 4.99. The standard InChI is InChI=1S/C17H29N3O2S/c1-12-19-14(11-23-12)10-18-13-6-8-15(9-7-13)20(5)16(21)22-17(2,3)4/h11,13,15,18H,6-10H2,1-5H3. The Labute approximate surface area is 143 Å². The van der Waals surface area contributed by atoms with E-state index in [0.29, 0.717) is 6.04 Å². The molecule has 2 rings (SSSR count). The van der Waals surface area contributed by atoms with Crippen LogP contribution in [0, 0.1) is 6.92 Å². The van der Waals surface area contributed by atoms with Crippen molar-refractivity contribution in [1.29, 1.82) is 0 Å². The van der Waals surface area contributed by atoms with Gasteiger partial charge in [0.25, 0.3) is 0 Å². The molecule has 130 valence electrons. The fraction of sp³-hybridized carbons (Fsp3) is 0.765. The molecule has 23 heavy (non-hydrogen) atoms. The molecule has 0 spiro atoms. The summed E-state index contributed by atoms with van der Waals surface area (Å²) in [5.41, 5.74) is 0.691. The van der Waals surface area contributed by atoms with Gasteiger partial charge in [0.05, 0.1) is 10.7 Å². The monoisotopic (exact) mass is 339 g/mol. The van der Waals surface area contributed by atoms with E-state index in [4.69, 9.17) is 4.74 Å². The van der Waals surface area contributed by atoms with Gasteiger partial charge in [0, 0.05) is 31.1 Å². The van der Waals surface area contributed by atoms with Gasteiger partial charge in [-0.25, -0.2) is 9.78 Å². The van der Waals surface area contributed by atoms with Gasteiger partial charge >= 0.3 is 6.09 Å². The Hall–Kier alpha value is -1.14. The molecule has 1 aromatic heterocycles. The van der Waals surface area contributed by atoms with E-state index in [2.05, 4.69) is 15.7 Å².